The molecular weight excluding hydrogens is 231 g/mol. The van der Waals surface area contributed by atoms with Gasteiger partial charge in [0, 0.05) is 6.42 Å². The summed E-state index contributed by atoms with van der Waals surface area (Å²) in [6.07, 6.45) is 0.0348. The topological polar surface area (TPSA) is 26.3 Å². The van der Waals surface area contributed by atoms with E-state index in [4.69, 9.17) is 4.74 Å². The Morgan fingerprint density at radius 1 is 1.11 bits per heavy atom. The van der Waals surface area contributed by atoms with Gasteiger partial charge >= 0.3 is 0 Å². The van der Waals surface area contributed by atoms with Crippen molar-refractivity contribution in [2.45, 2.75) is 6.42 Å². The lowest BCUT2D eigenvalue weighted by Gasteiger charge is -2.07. The van der Waals surface area contributed by atoms with Crippen LogP contribution in [0, 0.1) is 5.82 Å². The van der Waals surface area contributed by atoms with Crippen molar-refractivity contribution >= 4 is 5.78 Å². The predicted octanol–water partition coefficient (Wildman–Crippen LogP) is 3.26. The van der Waals surface area contributed by atoms with Gasteiger partial charge < -0.3 is 4.74 Å². The number of halogens is 1. The maximum atomic E-state index is 13.5. The first kappa shape index (κ1) is 12.3. The van der Waals surface area contributed by atoms with Crippen LogP contribution in [0.1, 0.15) is 15.9 Å². The second kappa shape index (κ2) is 5.45. The summed E-state index contributed by atoms with van der Waals surface area (Å²) in [6, 6.07) is 13.2. The second-order valence-corrected chi connectivity index (χ2v) is 3.89. The maximum Gasteiger partial charge on any atom is 0.171 e. The molecule has 0 aliphatic rings. The first-order valence-electron chi connectivity index (χ1n) is 5.62. The summed E-state index contributed by atoms with van der Waals surface area (Å²) in [5.74, 6) is -0.00265. The second-order valence-electron chi connectivity index (χ2n) is 3.89. The highest BCUT2D eigenvalue weighted by atomic mass is 19.1. The zero-order valence-corrected chi connectivity index (χ0v) is 10.0. The summed E-state index contributed by atoms with van der Waals surface area (Å²) < 4.78 is 18.6. The largest absolute Gasteiger partial charge is 0.496 e. The van der Waals surface area contributed by atoms with Crippen molar-refractivity contribution in [2.24, 2.45) is 0 Å². The molecule has 2 aromatic carbocycles. The van der Waals surface area contributed by atoms with Crippen molar-refractivity contribution in [2.75, 3.05) is 7.11 Å². The Morgan fingerprint density at radius 3 is 2.50 bits per heavy atom. The zero-order valence-electron chi connectivity index (χ0n) is 10.0. The molecule has 0 amide bonds. The molecule has 2 nitrogen and oxygen atoms in total. The standard InChI is InChI=1S/C15H13FO2/c1-18-15-9-5-3-7-12(15)14(17)10-11-6-2-4-8-13(11)16/h2-9H,10H2,1H3. The average molecular weight is 244 g/mol. The van der Waals surface area contributed by atoms with Gasteiger partial charge in [0.05, 0.1) is 12.7 Å². The summed E-state index contributed by atoms with van der Waals surface area (Å²) in [6.45, 7) is 0. The molecule has 0 aliphatic heterocycles. The van der Waals surface area contributed by atoms with E-state index in [2.05, 4.69) is 0 Å². The Kier molecular flexibility index (Phi) is 3.72. The lowest BCUT2D eigenvalue weighted by molar-refractivity contribution is 0.0989. The summed E-state index contributed by atoms with van der Waals surface area (Å²) >= 11 is 0. The van der Waals surface area contributed by atoms with Gasteiger partial charge in [-0.15, -0.1) is 0 Å². The fourth-order valence-electron chi connectivity index (χ4n) is 1.78. The Balaban J connectivity index is 2.25. The summed E-state index contributed by atoms with van der Waals surface area (Å²) in [5, 5.41) is 0. The molecule has 18 heavy (non-hydrogen) atoms. The van der Waals surface area contributed by atoms with Crippen molar-refractivity contribution in [1.29, 1.82) is 0 Å². The number of carbonyl (C=O) groups excluding carboxylic acids is 1. The fourth-order valence-corrected chi connectivity index (χ4v) is 1.78. The molecule has 0 aliphatic carbocycles. The van der Waals surface area contributed by atoms with Crippen LogP contribution in [-0.4, -0.2) is 12.9 Å². The number of hydrogen-bond acceptors (Lipinski definition) is 2. The molecule has 0 heterocycles. The SMILES string of the molecule is COc1ccccc1C(=O)Cc1ccccc1F. The molecule has 2 aromatic rings. The number of ether oxygens (including phenoxy) is 1. The van der Waals surface area contributed by atoms with E-state index in [1.807, 2.05) is 0 Å². The van der Waals surface area contributed by atoms with Crippen LogP contribution in [0.2, 0.25) is 0 Å². The molecule has 0 radical (unpaired) electrons. The van der Waals surface area contributed by atoms with E-state index >= 15 is 0 Å². The number of benzene rings is 2. The Labute approximate surface area is 105 Å². The van der Waals surface area contributed by atoms with Gasteiger partial charge in [-0.25, -0.2) is 4.39 Å². The third-order valence-corrected chi connectivity index (χ3v) is 2.72. The molecule has 92 valence electrons. The van der Waals surface area contributed by atoms with E-state index in [0.717, 1.165) is 0 Å². The van der Waals surface area contributed by atoms with Gasteiger partial charge in [-0.2, -0.15) is 0 Å². The number of rotatable bonds is 4. The van der Waals surface area contributed by atoms with Crippen LogP contribution >= 0.6 is 0 Å². The van der Waals surface area contributed by atoms with Crippen molar-refractivity contribution < 1.29 is 13.9 Å². The molecule has 0 saturated heterocycles. The van der Waals surface area contributed by atoms with Gasteiger partial charge in [0.25, 0.3) is 0 Å². The molecular formula is C15H13FO2. The van der Waals surface area contributed by atoms with Crippen LogP contribution < -0.4 is 4.74 Å². The van der Waals surface area contributed by atoms with Crippen molar-refractivity contribution in [3.63, 3.8) is 0 Å². The highest BCUT2D eigenvalue weighted by Gasteiger charge is 2.13. The minimum atomic E-state index is -0.360. The fraction of sp³-hybridized carbons (Fsp3) is 0.133. The van der Waals surface area contributed by atoms with Crippen molar-refractivity contribution in [1.82, 2.24) is 0 Å². The molecule has 3 heteroatoms. The van der Waals surface area contributed by atoms with E-state index in [1.165, 1.54) is 13.2 Å². The minimum Gasteiger partial charge on any atom is -0.496 e. The molecule has 0 fully saturated rings. The van der Waals surface area contributed by atoms with Crippen LogP contribution in [0.5, 0.6) is 5.75 Å². The van der Waals surface area contributed by atoms with Crippen molar-refractivity contribution in [3.05, 3.63) is 65.5 Å². The molecule has 0 aromatic heterocycles. The number of carbonyl (C=O) groups is 1. The van der Waals surface area contributed by atoms with E-state index in [1.54, 1.807) is 42.5 Å². The summed E-state index contributed by atoms with van der Waals surface area (Å²) in [4.78, 5) is 12.1. The minimum absolute atomic E-state index is 0.0348. The number of Topliss-reactive ketones (excluding diaryl/α,β-unsaturated/α-hetero) is 1. The monoisotopic (exact) mass is 244 g/mol. The normalized spacial score (nSPS) is 10.1. The molecule has 0 atom stereocenters. The number of para-hydroxylation sites is 1. The Bertz CT molecular complexity index is 564. The lowest BCUT2D eigenvalue weighted by Crippen LogP contribution is -2.06. The first-order valence-corrected chi connectivity index (χ1v) is 5.62. The Morgan fingerprint density at radius 2 is 1.78 bits per heavy atom. The third-order valence-electron chi connectivity index (χ3n) is 2.72. The molecule has 2 rings (SSSR count). The summed E-state index contributed by atoms with van der Waals surface area (Å²) in [7, 11) is 1.51. The highest BCUT2D eigenvalue weighted by Crippen LogP contribution is 2.20. The number of ketones is 1. The zero-order chi connectivity index (χ0) is 13.0. The smallest absolute Gasteiger partial charge is 0.171 e. The summed E-state index contributed by atoms with van der Waals surface area (Å²) in [5.41, 5.74) is 0.872. The molecule has 0 bridgehead atoms. The van der Waals surface area contributed by atoms with Crippen LogP contribution in [0.15, 0.2) is 48.5 Å². The van der Waals surface area contributed by atoms with Gasteiger partial charge in [-0.05, 0) is 23.8 Å². The van der Waals surface area contributed by atoms with Gasteiger partial charge in [-0.3, -0.25) is 4.79 Å². The molecule has 0 spiro atoms. The van der Waals surface area contributed by atoms with Crippen LogP contribution in [0.4, 0.5) is 4.39 Å². The predicted molar refractivity (Wildman–Crippen MR) is 67.4 cm³/mol. The third kappa shape index (κ3) is 2.56. The van der Waals surface area contributed by atoms with Crippen LogP contribution in [0.25, 0.3) is 0 Å². The molecule has 0 N–H and O–H groups in total. The number of methoxy groups -OCH3 is 1. The van der Waals surface area contributed by atoms with E-state index in [9.17, 15) is 9.18 Å². The van der Waals surface area contributed by atoms with E-state index < -0.39 is 0 Å². The average Bonchev–Trinajstić information content (AvgIpc) is 2.41. The van der Waals surface area contributed by atoms with Crippen molar-refractivity contribution in [3.8, 4) is 5.75 Å². The highest BCUT2D eigenvalue weighted by molar-refractivity contribution is 5.99. The van der Waals surface area contributed by atoms with Gasteiger partial charge in [0.15, 0.2) is 5.78 Å². The quantitative estimate of drug-likeness (QED) is 0.772. The van der Waals surface area contributed by atoms with Crippen LogP contribution in [-0.2, 0) is 6.42 Å². The van der Waals surface area contributed by atoms with Gasteiger partial charge in [-0.1, -0.05) is 30.3 Å². The van der Waals surface area contributed by atoms with Gasteiger partial charge in [0.2, 0.25) is 0 Å². The maximum absolute atomic E-state index is 13.5. The molecule has 0 unspecified atom stereocenters. The van der Waals surface area contributed by atoms with E-state index in [0.29, 0.717) is 16.9 Å². The Hall–Kier alpha value is -2.16. The molecule has 0 saturated carbocycles. The van der Waals surface area contributed by atoms with Crippen LogP contribution in [0.3, 0.4) is 0 Å². The van der Waals surface area contributed by atoms with E-state index in [-0.39, 0.29) is 18.0 Å². The van der Waals surface area contributed by atoms with Gasteiger partial charge in [0.1, 0.15) is 11.6 Å². The lowest BCUT2D eigenvalue weighted by atomic mass is 10.0. The first-order chi connectivity index (χ1) is 8.72. The number of hydrogen-bond donors (Lipinski definition) is 0.